The van der Waals surface area contributed by atoms with Crippen LogP contribution in [0.5, 0.6) is 17.2 Å². The van der Waals surface area contributed by atoms with Crippen LogP contribution in [0.15, 0.2) is 47.4 Å². The summed E-state index contributed by atoms with van der Waals surface area (Å²) >= 11 is 1.78. The zero-order chi connectivity index (χ0) is 14.4. The summed E-state index contributed by atoms with van der Waals surface area (Å²) in [6.45, 7) is 0. The van der Waals surface area contributed by atoms with Crippen molar-refractivity contribution in [3.63, 3.8) is 0 Å². The van der Waals surface area contributed by atoms with Gasteiger partial charge in [-0.15, -0.1) is 11.8 Å². The number of hydrogen-bond acceptors (Lipinski definition) is 4. The Morgan fingerprint density at radius 2 is 1.65 bits per heavy atom. The van der Waals surface area contributed by atoms with E-state index < -0.39 is 0 Å². The minimum atomic E-state index is 0.244. The number of rotatable bonds is 6. The second kappa shape index (κ2) is 7.10. The van der Waals surface area contributed by atoms with Crippen LogP contribution in [0.3, 0.4) is 0 Å². The lowest BCUT2D eigenvalue weighted by Gasteiger charge is -2.06. The summed E-state index contributed by atoms with van der Waals surface area (Å²) in [6, 6.07) is 13.4. The van der Waals surface area contributed by atoms with Crippen LogP contribution >= 0.6 is 11.8 Å². The van der Waals surface area contributed by atoms with Crippen molar-refractivity contribution in [2.24, 2.45) is 0 Å². The molecule has 0 atom stereocenters. The van der Waals surface area contributed by atoms with E-state index >= 15 is 0 Å². The number of aromatic hydroxyl groups is 1. The first-order valence-electron chi connectivity index (χ1n) is 6.35. The van der Waals surface area contributed by atoms with Crippen LogP contribution in [0.25, 0.3) is 0 Å². The molecular weight excluding hydrogens is 272 g/mol. The van der Waals surface area contributed by atoms with Gasteiger partial charge in [0.05, 0.1) is 14.2 Å². The average Bonchev–Trinajstić information content (AvgIpc) is 2.47. The van der Waals surface area contributed by atoms with Gasteiger partial charge >= 0.3 is 0 Å². The number of thioether (sulfide) groups is 1. The van der Waals surface area contributed by atoms with Crippen molar-refractivity contribution in [2.45, 2.75) is 11.3 Å². The molecule has 4 heteroatoms. The summed E-state index contributed by atoms with van der Waals surface area (Å²) in [7, 11) is 3.27. The van der Waals surface area contributed by atoms with Gasteiger partial charge in [-0.2, -0.15) is 0 Å². The van der Waals surface area contributed by atoms with E-state index in [1.54, 1.807) is 38.1 Å². The minimum absolute atomic E-state index is 0.244. The number of ether oxygens (including phenoxy) is 2. The van der Waals surface area contributed by atoms with Crippen LogP contribution in [-0.2, 0) is 6.42 Å². The molecule has 106 valence electrons. The number of phenolic OH excluding ortho intramolecular Hbond substituents is 1. The molecule has 2 aromatic rings. The highest BCUT2D eigenvalue weighted by Gasteiger charge is 2.02. The monoisotopic (exact) mass is 290 g/mol. The Balaban J connectivity index is 1.90. The summed E-state index contributed by atoms with van der Waals surface area (Å²) in [5.74, 6) is 2.74. The van der Waals surface area contributed by atoms with Gasteiger partial charge in [0, 0.05) is 16.7 Å². The van der Waals surface area contributed by atoms with Gasteiger partial charge in [0.1, 0.15) is 17.2 Å². The van der Waals surface area contributed by atoms with Crippen molar-refractivity contribution in [1.29, 1.82) is 0 Å². The van der Waals surface area contributed by atoms with E-state index in [4.69, 9.17) is 9.47 Å². The van der Waals surface area contributed by atoms with Gasteiger partial charge in [0.15, 0.2) is 0 Å². The molecule has 0 saturated carbocycles. The molecule has 0 aliphatic rings. The van der Waals surface area contributed by atoms with Crippen molar-refractivity contribution in [1.82, 2.24) is 0 Å². The van der Waals surface area contributed by atoms with Crippen LogP contribution in [0.1, 0.15) is 5.56 Å². The molecule has 0 amide bonds. The van der Waals surface area contributed by atoms with Gasteiger partial charge in [-0.25, -0.2) is 0 Å². The average molecular weight is 290 g/mol. The minimum Gasteiger partial charge on any atom is -0.508 e. The standard InChI is InChI=1S/C16H18O3S/c1-18-14-3-5-16(6-4-14)20-8-7-12-9-13(17)11-15(10-12)19-2/h3-6,9-11,17H,7-8H2,1-2H3. The third-order valence-corrected chi connectivity index (χ3v) is 3.92. The first-order chi connectivity index (χ1) is 9.71. The molecule has 0 aromatic heterocycles. The molecule has 0 spiro atoms. The van der Waals surface area contributed by atoms with E-state index in [0.717, 1.165) is 23.5 Å². The Morgan fingerprint density at radius 1 is 0.950 bits per heavy atom. The van der Waals surface area contributed by atoms with E-state index in [1.165, 1.54) is 4.90 Å². The lowest BCUT2D eigenvalue weighted by Crippen LogP contribution is -1.91. The molecule has 0 unspecified atom stereocenters. The fraction of sp³-hybridized carbons (Fsp3) is 0.250. The summed E-state index contributed by atoms with van der Waals surface area (Å²) < 4.78 is 10.3. The molecule has 0 aliphatic carbocycles. The number of phenols is 1. The highest BCUT2D eigenvalue weighted by atomic mass is 32.2. The number of benzene rings is 2. The largest absolute Gasteiger partial charge is 0.508 e. The zero-order valence-corrected chi connectivity index (χ0v) is 12.4. The molecule has 2 rings (SSSR count). The van der Waals surface area contributed by atoms with Gasteiger partial charge < -0.3 is 14.6 Å². The third kappa shape index (κ3) is 4.10. The summed E-state index contributed by atoms with van der Waals surface area (Å²) in [5.41, 5.74) is 1.07. The van der Waals surface area contributed by atoms with E-state index in [2.05, 4.69) is 0 Å². The van der Waals surface area contributed by atoms with Gasteiger partial charge in [0.2, 0.25) is 0 Å². The van der Waals surface area contributed by atoms with E-state index in [1.807, 2.05) is 30.3 Å². The Labute approximate surface area is 123 Å². The maximum absolute atomic E-state index is 9.60. The zero-order valence-electron chi connectivity index (χ0n) is 11.6. The molecule has 0 radical (unpaired) electrons. The molecule has 20 heavy (non-hydrogen) atoms. The fourth-order valence-corrected chi connectivity index (χ4v) is 2.77. The lowest BCUT2D eigenvalue weighted by atomic mass is 10.1. The van der Waals surface area contributed by atoms with Crippen molar-refractivity contribution in [3.8, 4) is 17.2 Å². The molecular formula is C16H18O3S. The Hall–Kier alpha value is -1.81. The van der Waals surface area contributed by atoms with Gasteiger partial charge in [-0.05, 0) is 48.4 Å². The highest BCUT2D eigenvalue weighted by molar-refractivity contribution is 7.99. The number of aryl methyl sites for hydroxylation is 1. The van der Waals surface area contributed by atoms with Crippen LogP contribution in [0.2, 0.25) is 0 Å². The van der Waals surface area contributed by atoms with Gasteiger partial charge in [-0.1, -0.05) is 0 Å². The summed E-state index contributed by atoms with van der Waals surface area (Å²) in [4.78, 5) is 1.21. The number of methoxy groups -OCH3 is 2. The predicted octanol–water partition coefficient (Wildman–Crippen LogP) is 3.74. The number of hydrogen-bond donors (Lipinski definition) is 1. The van der Waals surface area contributed by atoms with Crippen molar-refractivity contribution >= 4 is 11.8 Å². The predicted molar refractivity (Wildman–Crippen MR) is 82.1 cm³/mol. The quantitative estimate of drug-likeness (QED) is 0.822. The summed E-state index contributed by atoms with van der Waals surface area (Å²) in [5, 5.41) is 9.60. The molecule has 3 nitrogen and oxygen atoms in total. The van der Waals surface area contributed by atoms with E-state index in [0.29, 0.717) is 5.75 Å². The smallest absolute Gasteiger partial charge is 0.122 e. The van der Waals surface area contributed by atoms with Crippen molar-refractivity contribution in [2.75, 3.05) is 20.0 Å². The maximum Gasteiger partial charge on any atom is 0.122 e. The topological polar surface area (TPSA) is 38.7 Å². The Kier molecular flexibility index (Phi) is 5.18. The first-order valence-corrected chi connectivity index (χ1v) is 7.33. The molecule has 0 heterocycles. The lowest BCUT2D eigenvalue weighted by molar-refractivity contribution is 0.407. The van der Waals surface area contributed by atoms with E-state index in [9.17, 15) is 5.11 Å². The van der Waals surface area contributed by atoms with Crippen molar-refractivity contribution < 1.29 is 14.6 Å². The van der Waals surface area contributed by atoms with Crippen LogP contribution < -0.4 is 9.47 Å². The second-order valence-corrected chi connectivity index (χ2v) is 5.48. The normalized spacial score (nSPS) is 10.3. The molecule has 0 aliphatic heterocycles. The van der Waals surface area contributed by atoms with Crippen LogP contribution in [0, 0.1) is 0 Å². The first kappa shape index (κ1) is 14.6. The van der Waals surface area contributed by atoms with Gasteiger partial charge in [0.25, 0.3) is 0 Å². The van der Waals surface area contributed by atoms with Crippen molar-refractivity contribution in [3.05, 3.63) is 48.0 Å². The van der Waals surface area contributed by atoms with E-state index in [-0.39, 0.29) is 5.75 Å². The molecule has 2 aromatic carbocycles. The fourth-order valence-electron chi connectivity index (χ4n) is 1.86. The molecule has 0 saturated heterocycles. The Morgan fingerprint density at radius 3 is 2.30 bits per heavy atom. The molecule has 0 bridgehead atoms. The van der Waals surface area contributed by atoms with Gasteiger partial charge in [-0.3, -0.25) is 0 Å². The highest BCUT2D eigenvalue weighted by Crippen LogP contribution is 2.25. The van der Waals surface area contributed by atoms with Crippen LogP contribution in [-0.4, -0.2) is 25.1 Å². The SMILES string of the molecule is COc1ccc(SCCc2cc(O)cc(OC)c2)cc1. The third-order valence-electron chi connectivity index (χ3n) is 2.91. The summed E-state index contributed by atoms with van der Waals surface area (Å²) in [6.07, 6.45) is 0.876. The second-order valence-electron chi connectivity index (χ2n) is 4.31. The van der Waals surface area contributed by atoms with Crippen LogP contribution in [0.4, 0.5) is 0 Å². The maximum atomic E-state index is 9.60. The Bertz CT molecular complexity index is 552. The molecule has 0 fully saturated rings. The molecule has 1 N–H and O–H groups in total.